The number of carbonyl (C=O) groups excluding carboxylic acids is 4. The molecule has 10 heteroatoms. The number of benzene rings is 2. The Bertz CT molecular complexity index is 1460. The first kappa shape index (κ1) is 29.2. The number of H-pyrrole nitrogens is 1. The van der Waals surface area contributed by atoms with E-state index in [1.165, 1.54) is 4.90 Å². The molecule has 3 N–H and O–H groups in total. The van der Waals surface area contributed by atoms with E-state index in [0.717, 1.165) is 22.0 Å². The minimum absolute atomic E-state index is 0.204. The van der Waals surface area contributed by atoms with Crippen molar-refractivity contribution in [3.8, 4) is 0 Å². The summed E-state index contributed by atoms with van der Waals surface area (Å²) < 4.78 is 5.47. The van der Waals surface area contributed by atoms with Gasteiger partial charge in [-0.1, -0.05) is 55.5 Å². The third-order valence-corrected chi connectivity index (χ3v) is 7.95. The SMILES string of the molecule is CC1C(=O)N(Cc2ccccc2)C(=O)N2CCCC(NC(=O)C(Cc3c[nH]c4ccccc34)NC(=O)OC(C)(C)C)C12. The normalized spacial score (nSPS) is 21.6. The fourth-order valence-corrected chi connectivity index (χ4v) is 6.03. The number of aromatic amines is 1. The fourth-order valence-electron chi connectivity index (χ4n) is 6.03. The van der Waals surface area contributed by atoms with Crippen LogP contribution in [-0.4, -0.2) is 69.0 Å². The molecule has 5 rings (SSSR count). The molecule has 2 fully saturated rings. The Morgan fingerprint density at radius 3 is 2.52 bits per heavy atom. The summed E-state index contributed by atoms with van der Waals surface area (Å²) in [6.45, 7) is 7.81. The minimum Gasteiger partial charge on any atom is -0.444 e. The Kier molecular flexibility index (Phi) is 8.24. The fraction of sp³-hybridized carbons (Fsp3) is 0.438. The average Bonchev–Trinajstić information content (AvgIpc) is 3.36. The summed E-state index contributed by atoms with van der Waals surface area (Å²) in [5.41, 5.74) is 1.94. The zero-order valence-electron chi connectivity index (χ0n) is 24.6. The van der Waals surface area contributed by atoms with Crippen LogP contribution in [0.3, 0.4) is 0 Å². The number of urea groups is 1. The molecule has 0 radical (unpaired) electrons. The molecule has 5 amide bonds. The lowest BCUT2D eigenvalue weighted by atomic mass is 9.84. The van der Waals surface area contributed by atoms with Crippen molar-refractivity contribution < 1.29 is 23.9 Å². The third-order valence-electron chi connectivity index (χ3n) is 7.95. The predicted octanol–water partition coefficient (Wildman–Crippen LogP) is 4.35. The van der Waals surface area contributed by atoms with Gasteiger partial charge in [-0.2, -0.15) is 0 Å². The topological polar surface area (TPSA) is 124 Å². The molecule has 4 unspecified atom stereocenters. The summed E-state index contributed by atoms with van der Waals surface area (Å²) in [4.78, 5) is 59.9. The number of ether oxygens (including phenoxy) is 1. The van der Waals surface area contributed by atoms with Crippen LogP contribution in [0.15, 0.2) is 60.8 Å². The summed E-state index contributed by atoms with van der Waals surface area (Å²) in [6.07, 6.45) is 2.67. The zero-order valence-corrected chi connectivity index (χ0v) is 24.6. The predicted molar refractivity (Wildman–Crippen MR) is 158 cm³/mol. The smallest absolute Gasteiger partial charge is 0.408 e. The van der Waals surface area contributed by atoms with Crippen LogP contribution in [0.25, 0.3) is 10.9 Å². The van der Waals surface area contributed by atoms with Crippen LogP contribution in [-0.2, 0) is 27.3 Å². The Balaban J connectivity index is 1.35. The van der Waals surface area contributed by atoms with E-state index < -0.39 is 41.6 Å². The molecule has 42 heavy (non-hydrogen) atoms. The Labute approximate surface area is 245 Å². The lowest BCUT2D eigenvalue weighted by molar-refractivity contribution is -0.141. The van der Waals surface area contributed by atoms with Crippen LogP contribution in [0.1, 0.15) is 51.7 Å². The Morgan fingerprint density at radius 1 is 1.07 bits per heavy atom. The van der Waals surface area contributed by atoms with Gasteiger partial charge in [0, 0.05) is 30.1 Å². The molecule has 0 aliphatic carbocycles. The molecule has 4 atom stereocenters. The maximum Gasteiger partial charge on any atom is 0.408 e. The van der Waals surface area contributed by atoms with Crippen LogP contribution in [0.5, 0.6) is 0 Å². The van der Waals surface area contributed by atoms with Crippen molar-refractivity contribution in [2.75, 3.05) is 6.54 Å². The lowest BCUT2D eigenvalue weighted by Crippen LogP contribution is -2.69. The summed E-state index contributed by atoms with van der Waals surface area (Å²) in [6, 6.07) is 15.0. The Hall–Kier alpha value is -4.34. The number of rotatable bonds is 7. The molecule has 1 aromatic heterocycles. The lowest BCUT2D eigenvalue weighted by Gasteiger charge is -2.49. The largest absolute Gasteiger partial charge is 0.444 e. The molecule has 2 saturated heterocycles. The van der Waals surface area contributed by atoms with Gasteiger partial charge < -0.3 is 25.3 Å². The number of alkyl carbamates (subject to hydrolysis) is 1. The zero-order chi connectivity index (χ0) is 30.0. The summed E-state index contributed by atoms with van der Waals surface area (Å²) >= 11 is 0. The molecule has 3 heterocycles. The minimum atomic E-state index is -0.936. The van der Waals surface area contributed by atoms with E-state index in [1.54, 1.807) is 25.7 Å². The van der Waals surface area contributed by atoms with Crippen molar-refractivity contribution in [2.45, 2.75) is 77.2 Å². The van der Waals surface area contributed by atoms with E-state index in [1.807, 2.05) is 67.7 Å². The van der Waals surface area contributed by atoms with Gasteiger partial charge in [0.1, 0.15) is 11.6 Å². The highest BCUT2D eigenvalue weighted by molar-refractivity contribution is 5.99. The number of hydrogen-bond donors (Lipinski definition) is 3. The number of carbonyl (C=O) groups is 4. The van der Waals surface area contributed by atoms with E-state index in [9.17, 15) is 19.2 Å². The van der Waals surface area contributed by atoms with Crippen molar-refractivity contribution in [1.29, 1.82) is 0 Å². The highest BCUT2D eigenvalue weighted by atomic mass is 16.6. The first-order valence-electron chi connectivity index (χ1n) is 14.5. The second-order valence-electron chi connectivity index (χ2n) is 12.2. The number of hydrogen-bond acceptors (Lipinski definition) is 5. The van der Waals surface area contributed by atoms with Gasteiger partial charge in [-0.15, -0.1) is 0 Å². The quantitative estimate of drug-likeness (QED) is 0.388. The number of piperidine rings is 1. The third kappa shape index (κ3) is 6.27. The van der Waals surface area contributed by atoms with Crippen LogP contribution < -0.4 is 10.6 Å². The van der Waals surface area contributed by atoms with E-state index in [2.05, 4.69) is 15.6 Å². The molecule has 0 bridgehead atoms. The van der Waals surface area contributed by atoms with Gasteiger partial charge in [-0.3, -0.25) is 14.5 Å². The molecule has 222 valence electrons. The number of aromatic nitrogens is 1. The molecule has 2 aliphatic rings. The molecular weight excluding hydrogens is 534 g/mol. The molecule has 10 nitrogen and oxygen atoms in total. The Morgan fingerprint density at radius 2 is 1.79 bits per heavy atom. The van der Waals surface area contributed by atoms with E-state index in [4.69, 9.17) is 4.74 Å². The number of nitrogens with zero attached hydrogens (tertiary/aromatic N) is 2. The number of amides is 5. The summed E-state index contributed by atoms with van der Waals surface area (Å²) in [7, 11) is 0. The van der Waals surface area contributed by atoms with Crippen molar-refractivity contribution in [2.24, 2.45) is 5.92 Å². The second-order valence-corrected chi connectivity index (χ2v) is 12.2. The van der Waals surface area contributed by atoms with Gasteiger partial charge in [0.2, 0.25) is 11.8 Å². The molecule has 0 spiro atoms. The molecule has 2 aromatic carbocycles. The van der Waals surface area contributed by atoms with Gasteiger partial charge in [0.15, 0.2) is 0 Å². The van der Waals surface area contributed by atoms with Crippen LogP contribution >= 0.6 is 0 Å². The van der Waals surface area contributed by atoms with E-state index >= 15 is 0 Å². The average molecular weight is 574 g/mol. The first-order valence-corrected chi connectivity index (χ1v) is 14.5. The first-order chi connectivity index (χ1) is 20.0. The maximum atomic E-state index is 13.8. The number of imide groups is 1. The number of para-hydroxylation sites is 1. The number of fused-ring (bicyclic) bond motifs is 2. The summed E-state index contributed by atoms with van der Waals surface area (Å²) in [5.74, 6) is -1.16. The highest BCUT2D eigenvalue weighted by Gasteiger charge is 2.49. The molecule has 3 aromatic rings. The van der Waals surface area contributed by atoms with E-state index in [-0.39, 0.29) is 24.9 Å². The van der Waals surface area contributed by atoms with Crippen LogP contribution in [0.4, 0.5) is 9.59 Å². The van der Waals surface area contributed by atoms with Gasteiger partial charge in [0.25, 0.3) is 0 Å². The van der Waals surface area contributed by atoms with Crippen molar-refractivity contribution >= 4 is 34.8 Å². The van der Waals surface area contributed by atoms with Crippen LogP contribution in [0, 0.1) is 5.92 Å². The monoisotopic (exact) mass is 573 g/mol. The van der Waals surface area contributed by atoms with Gasteiger partial charge in [-0.25, -0.2) is 9.59 Å². The second kappa shape index (κ2) is 11.9. The highest BCUT2D eigenvalue weighted by Crippen LogP contribution is 2.32. The van der Waals surface area contributed by atoms with Crippen LogP contribution in [0.2, 0.25) is 0 Å². The van der Waals surface area contributed by atoms with Gasteiger partial charge >= 0.3 is 12.1 Å². The van der Waals surface area contributed by atoms with E-state index in [0.29, 0.717) is 19.4 Å². The van der Waals surface area contributed by atoms with Crippen molar-refractivity contribution in [3.63, 3.8) is 0 Å². The van der Waals surface area contributed by atoms with Gasteiger partial charge in [-0.05, 0) is 50.8 Å². The maximum absolute atomic E-state index is 13.8. The van der Waals surface area contributed by atoms with Crippen molar-refractivity contribution in [3.05, 3.63) is 71.9 Å². The standard InChI is InChI=1S/C32H39N5O5/c1-20-27-25(15-10-16-36(27)31(41)37(29(20)39)19-21-11-6-5-7-12-21)34-28(38)26(35-30(40)42-32(2,3)4)17-22-18-33-24-14-9-8-13-23(22)24/h5-9,11-14,18,20,25-27,33H,10,15-17,19H2,1-4H3,(H,34,38)(H,35,40). The molecule has 0 saturated carbocycles. The molecule has 2 aliphatic heterocycles. The van der Waals surface area contributed by atoms with Crippen molar-refractivity contribution in [1.82, 2.24) is 25.4 Å². The number of nitrogens with one attached hydrogen (secondary N) is 3. The molecular formula is C32H39N5O5. The summed E-state index contributed by atoms with van der Waals surface area (Å²) in [5, 5.41) is 6.82. The van der Waals surface area contributed by atoms with Gasteiger partial charge in [0.05, 0.1) is 24.5 Å².